The van der Waals surface area contributed by atoms with Crippen LogP contribution in [-0.4, -0.2) is 16.7 Å². The lowest BCUT2D eigenvalue weighted by Gasteiger charge is -2.44. The zero-order valence-electron chi connectivity index (χ0n) is 32.3. The van der Waals surface area contributed by atoms with Gasteiger partial charge in [0, 0.05) is 52.1 Å². The summed E-state index contributed by atoms with van der Waals surface area (Å²) in [6.07, 6.45) is 3.68. The van der Waals surface area contributed by atoms with Gasteiger partial charge in [-0.1, -0.05) is 126 Å². The number of aromatic nitrogens is 2. The molecule has 0 bridgehead atoms. The highest BCUT2D eigenvalue weighted by Gasteiger charge is 2.44. The molecule has 0 aliphatic carbocycles. The fourth-order valence-corrected chi connectivity index (χ4v) is 8.72. The summed E-state index contributed by atoms with van der Waals surface area (Å²) in [7, 11) is 0. The fraction of sp³-hybridized carbons (Fsp3) is 0.160. The van der Waals surface area contributed by atoms with Crippen molar-refractivity contribution in [2.45, 2.75) is 52.4 Å². The minimum Gasteiger partial charge on any atom is -0.311 e. The van der Waals surface area contributed by atoms with Gasteiger partial charge in [0.1, 0.15) is 0 Å². The van der Waals surface area contributed by atoms with E-state index in [1.807, 2.05) is 18.5 Å². The zero-order chi connectivity index (χ0) is 37.6. The lowest BCUT2D eigenvalue weighted by atomic mass is 9.33. The van der Waals surface area contributed by atoms with E-state index in [1.54, 1.807) is 0 Å². The maximum absolute atomic E-state index is 4.81. The maximum atomic E-state index is 4.81. The van der Waals surface area contributed by atoms with Gasteiger partial charge in [0.05, 0.1) is 0 Å². The van der Waals surface area contributed by atoms with Gasteiger partial charge in [-0.15, -0.1) is 0 Å². The summed E-state index contributed by atoms with van der Waals surface area (Å²) in [4.78, 5) is 14.6. The van der Waals surface area contributed by atoms with Gasteiger partial charge < -0.3 is 9.80 Å². The van der Waals surface area contributed by atoms with E-state index in [9.17, 15) is 0 Å². The minimum atomic E-state index is -0.00912. The molecular formula is C50H43BN4. The summed E-state index contributed by atoms with van der Waals surface area (Å²) >= 11 is 0. The highest BCUT2D eigenvalue weighted by atomic mass is 15.2. The molecule has 0 atom stereocenters. The van der Waals surface area contributed by atoms with Gasteiger partial charge in [0.15, 0.2) is 5.82 Å². The Bertz CT molecular complexity index is 2610. The molecule has 10 rings (SSSR count). The van der Waals surface area contributed by atoms with E-state index in [-0.39, 0.29) is 17.5 Å². The summed E-state index contributed by atoms with van der Waals surface area (Å²) in [5.41, 5.74) is 14.5. The number of nitrogens with zero attached hydrogens (tertiary/aromatic N) is 4. The molecule has 7 aromatic carbocycles. The van der Waals surface area contributed by atoms with E-state index in [2.05, 4.69) is 185 Å². The molecule has 0 saturated carbocycles. The van der Waals surface area contributed by atoms with E-state index >= 15 is 0 Å². The summed E-state index contributed by atoms with van der Waals surface area (Å²) in [6, 6.07) is 52.1. The molecule has 0 amide bonds. The molecule has 0 fully saturated rings. The smallest absolute Gasteiger partial charge is 0.252 e. The second-order valence-corrected chi connectivity index (χ2v) is 17.2. The van der Waals surface area contributed by atoms with Crippen molar-refractivity contribution in [2.75, 3.05) is 9.80 Å². The predicted molar refractivity (Wildman–Crippen MR) is 234 cm³/mol. The van der Waals surface area contributed by atoms with Crippen LogP contribution in [-0.2, 0) is 10.8 Å². The summed E-state index contributed by atoms with van der Waals surface area (Å²) in [5, 5.41) is 4.93. The van der Waals surface area contributed by atoms with Crippen LogP contribution in [0, 0.1) is 0 Å². The fourth-order valence-electron chi connectivity index (χ4n) is 8.72. The SMILES string of the molecule is CC(C)(C)c1ccc(N2c3cc4ccccc4cc3B3c4cc5ccccc5cc4N(c4ccc(C(C)(C)C)cc4)c4cc(-c5ncccn5)cc2c43)cc1. The summed E-state index contributed by atoms with van der Waals surface area (Å²) < 4.78 is 0. The molecule has 3 heterocycles. The number of rotatable bonds is 3. The molecule has 2 aliphatic rings. The molecule has 2 aliphatic heterocycles. The molecule has 0 N–H and O–H groups in total. The molecule has 0 radical (unpaired) electrons. The van der Waals surface area contributed by atoms with Gasteiger partial charge in [-0.2, -0.15) is 0 Å². The molecule has 4 nitrogen and oxygen atoms in total. The van der Waals surface area contributed by atoms with E-state index < -0.39 is 0 Å². The number of hydrogen-bond acceptors (Lipinski definition) is 4. The minimum absolute atomic E-state index is 0.00912. The van der Waals surface area contributed by atoms with Crippen LogP contribution in [0.3, 0.4) is 0 Å². The predicted octanol–water partition coefficient (Wildman–Crippen LogP) is 11.1. The normalized spacial score (nSPS) is 13.5. The Hall–Kier alpha value is -6.20. The highest BCUT2D eigenvalue weighted by Crippen LogP contribution is 2.47. The van der Waals surface area contributed by atoms with Crippen molar-refractivity contribution < 1.29 is 0 Å². The van der Waals surface area contributed by atoms with Crippen molar-refractivity contribution in [1.29, 1.82) is 0 Å². The Labute approximate surface area is 324 Å². The van der Waals surface area contributed by atoms with Crippen LogP contribution in [0.15, 0.2) is 152 Å². The Morgan fingerprint density at radius 1 is 0.436 bits per heavy atom. The molecule has 266 valence electrons. The molecule has 0 saturated heterocycles. The molecular weight excluding hydrogens is 667 g/mol. The molecule has 8 aromatic rings. The number of benzene rings is 7. The van der Waals surface area contributed by atoms with Gasteiger partial charge in [-0.05, 0) is 114 Å². The molecule has 5 heteroatoms. The lowest BCUT2D eigenvalue weighted by molar-refractivity contribution is 0.590. The summed E-state index contributed by atoms with van der Waals surface area (Å²) in [5.74, 6) is 0.706. The maximum Gasteiger partial charge on any atom is 0.252 e. The average molecular weight is 711 g/mol. The van der Waals surface area contributed by atoms with Crippen LogP contribution >= 0.6 is 0 Å². The zero-order valence-corrected chi connectivity index (χ0v) is 32.3. The van der Waals surface area contributed by atoms with Crippen LogP contribution in [0.5, 0.6) is 0 Å². The van der Waals surface area contributed by atoms with Crippen molar-refractivity contribution in [3.05, 3.63) is 163 Å². The van der Waals surface area contributed by atoms with Crippen molar-refractivity contribution in [3.63, 3.8) is 0 Å². The Kier molecular flexibility index (Phi) is 7.38. The van der Waals surface area contributed by atoms with Crippen LogP contribution in [0.4, 0.5) is 34.1 Å². The van der Waals surface area contributed by atoms with E-state index in [4.69, 9.17) is 9.97 Å². The number of hydrogen-bond donors (Lipinski definition) is 0. The Morgan fingerprint density at radius 2 is 0.836 bits per heavy atom. The molecule has 0 unspecified atom stereocenters. The van der Waals surface area contributed by atoms with E-state index in [0.717, 1.165) is 28.3 Å². The first kappa shape index (κ1) is 33.4. The molecule has 1 aromatic heterocycles. The van der Waals surface area contributed by atoms with Gasteiger partial charge in [-0.25, -0.2) is 9.97 Å². The van der Waals surface area contributed by atoms with E-state index in [0.29, 0.717) is 5.82 Å². The number of anilines is 6. The first-order valence-corrected chi connectivity index (χ1v) is 19.3. The monoisotopic (exact) mass is 710 g/mol. The quantitative estimate of drug-likeness (QED) is 0.171. The second kappa shape index (κ2) is 12.2. The largest absolute Gasteiger partial charge is 0.311 e. The number of fused-ring (bicyclic) bond motifs is 6. The van der Waals surface area contributed by atoms with Crippen molar-refractivity contribution >= 4 is 78.8 Å². The Morgan fingerprint density at radius 3 is 1.24 bits per heavy atom. The third-order valence-corrected chi connectivity index (χ3v) is 11.6. The van der Waals surface area contributed by atoms with Gasteiger partial charge >= 0.3 is 0 Å². The van der Waals surface area contributed by atoms with Crippen LogP contribution in [0.25, 0.3) is 32.9 Å². The molecule has 0 spiro atoms. The van der Waals surface area contributed by atoms with Gasteiger partial charge in [-0.3, -0.25) is 0 Å². The standard InChI is InChI=1S/C50H43BN4/c1-49(2,3)37-16-20-39(21-17-37)54-43-28-34-14-9-7-12-32(34)26-41(43)51-42-27-33-13-8-10-15-35(33)29-44(42)55(40-22-18-38(19-23-40)50(4,5)6)46-31-36(30-45(54)47(46)51)48-52-24-11-25-53-48/h7-31H,1-6H3. The average Bonchev–Trinajstić information content (AvgIpc) is 3.19. The summed E-state index contributed by atoms with van der Waals surface area (Å²) in [6.45, 7) is 13.6. The van der Waals surface area contributed by atoms with Gasteiger partial charge in [0.25, 0.3) is 6.71 Å². The van der Waals surface area contributed by atoms with Gasteiger partial charge in [0.2, 0.25) is 0 Å². The Balaban J connectivity index is 1.33. The molecule has 55 heavy (non-hydrogen) atoms. The topological polar surface area (TPSA) is 32.3 Å². The third-order valence-electron chi connectivity index (χ3n) is 11.6. The van der Waals surface area contributed by atoms with E-state index in [1.165, 1.54) is 60.4 Å². The van der Waals surface area contributed by atoms with Crippen molar-refractivity contribution in [1.82, 2.24) is 9.97 Å². The first-order chi connectivity index (χ1) is 26.5. The van der Waals surface area contributed by atoms with Crippen LogP contribution in [0.2, 0.25) is 0 Å². The van der Waals surface area contributed by atoms with Crippen LogP contribution < -0.4 is 26.2 Å². The van der Waals surface area contributed by atoms with Crippen molar-refractivity contribution in [3.8, 4) is 11.4 Å². The third kappa shape index (κ3) is 5.44. The van der Waals surface area contributed by atoms with Crippen molar-refractivity contribution in [2.24, 2.45) is 0 Å². The first-order valence-electron chi connectivity index (χ1n) is 19.3. The highest BCUT2D eigenvalue weighted by molar-refractivity contribution is 7.00. The second-order valence-electron chi connectivity index (χ2n) is 17.2. The van der Waals surface area contributed by atoms with Crippen LogP contribution in [0.1, 0.15) is 52.7 Å². The lowest BCUT2D eigenvalue weighted by Crippen LogP contribution is -2.61.